The van der Waals surface area contributed by atoms with E-state index in [-0.39, 0.29) is 11.9 Å². The van der Waals surface area contributed by atoms with E-state index in [0.29, 0.717) is 0 Å². The first-order valence-electron chi connectivity index (χ1n) is 8.16. The first kappa shape index (κ1) is 15.5. The molecule has 4 heteroatoms. The summed E-state index contributed by atoms with van der Waals surface area (Å²) in [5.41, 5.74) is 1.89. The Hall–Kier alpha value is -2.36. The molecule has 0 N–H and O–H groups in total. The maximum absolute atomic E-state index is 12.9. The fourth-order valence-corrected chi connectivity index (χ4v) is 3.13. The number of carbonyl (C=O) groups is 1. The maximum atomic E-state index is 12.9. The molecular formula is C19H23N3O. The van der Waals surface area contributed by atoms with E-state index in [1.54, 1.807) is 0 Å². The molecule has 1 aromatic heterocycles. The van der Waals surface area contributed by atoms with Crippen molar-refractivity contribution in [2.24, 2.45) is 0 Å². The lowest BCUT2D eigenvalue weighted by molar-refractivity contribution is 0.0611. The fourth-order valence-electron chi connectivity index (χ4n) is 3.13. The van der Waals surface area contributed by atoms with Gasteiger partial charge in [-0.25, -0.2) is 4.98 Å². The summed E-state index contributed by atoms with van der Waals surface area (Å²) < 4.78 is 0. The summed E-state index contributed by atoms with van der Waals surface area (Å²) in [5, 5.41) is 0. The highest BCUT2D eigenvalue weighted by molar-refractivity contribution is 5.94. The number of piperidine rings is 1. The zero-order chi connectivity index (χ0) is 16.2. The lowest BCUT2D eigenvalue weighted by atomic mass is 9.95. The summed E-state index contributed by atoms with van der Waals surface area (Å²) in [6, 6.07) is 13.8. The van der Waals surface area contributed by atoms with Crippen LogP contribution in [0.1, 0.15) is 41.2 Å². The number of amides is 1. The molecule has 0 aliphatic carbocycles. The number of aromatic nitrogens is 1. The Morgan fingerprint density at radius 1 is 1.13 bits per heavy atom. The molecular weight excluding hydrogens is 286 g/mol. The predicted molar refractivity (Wildman–Crippen MR) is 92.6 cm³/mol. The number of hydrogen-bond donors (Lipinski definition) is 0. The molecule has 2 heterocycles. The Bertz CT molecular complexity index is 652. The number of carbonyl (C=O) groups excluding carboxylic acids is 1. The van der Waals surface area contributed by atoms with Crippen molar-refractivity contribution < 1.29 is 4.79 Å². The van der Waals surface area contributed by atoms with Crippen LogP contribution >= 0.6 is 0 Å². The summed E-state index contributed by atoms with van der Waals surface area (Å²) in [5.74, 6) is 1.05. The summed E-state index contributed by atoms with van der Waals surface area (Å²) in [4.78, 5) is 21.4. The number of hydrogen-bond acceptors (Lipinski definition) is 3. The molecule has 23 heavy (non-hydrogen) atoms. The van der Waals surface area contributed by atoms with Crippen molar-refractivity contribution in [2.75, 3.05) is 25.5 Å². The van der Waals surface area contributed by atoms with Gasteiger partial charge >= 0.3 is 0 Å². The second kappa shape index (κ2) is 6.82. The quantitative estimate of drug-likeness (QED) is 0.870. The zero-order valence-electron chi connectivity index (χ0n) is 13.8. The number of anilines is 1. The lowest BCUT2D eigenvalue weighted by Crippen LogP contribution is -2.38. The van der Waals surface area contributed by atoms with Gasteiger partial charge in [-0.15, -0.1) is 0 Å². The van der Waals surface area contributed by atoms with Crippen LogP contribution in [-0.2, 0) is 0 Å². The summed E-state index contributed by atoms with van der Waals surface area (Å²) in [6.45, 7) is 0.813. The maximum Gasteiger partial charge on any atom is 0.254 e. The van der Waals surface area contributed by atoms with E-state index < -0.39 is 0 Å². The largest absolute Gasteiger partial charge is 0.363 e. The Morgan fingerprint density at radius 3 is 2.57 bits per heavy atom. The van der Waals surface area contributed by atoms with Gasteiger partial charge in [0.05, 0.1) is 6.04 Å². The molecule has 2 aromatic rings. The molecule has 1 atom stereocenters. The molecule has 3 rings (SSSR count). The van der Waals surface area contributed by atoms with E-state index in [0.717, 1.165) is 42.8 Å². The first-order chi connectivity index (χ1) is 11.2. The molecule has 0 spiro atoms. The van der Waals surface area contributed by atoms with Gasteiger partial charge in [-0.05, 0) is 43.0 Å². The third-order valence-electron chi connectivity index (χ3n) is 4.40. The smallest absolute Gasteiger partial charge is 0.254 e. The van der Waals surface area contributed by atoms with Gasteiger partial charge in [-0.1, -0.05) is 24.3 Å². The van der Waals surface area contributed by atoms with E-state index in [4.69, 9.17) is 0 Å². The number of pyridine rings is 1. The summed E-state index contributed by atoms with van der Waals surface area (Å²) in [7, 11) is 3.96. The number of benzene rings is 1. The molecule has 0 radical (unpaired) electrons. The second-order valence-corrected chi connectivity index (χ2v) is 6.22. The second-order valence-electron chi connectivity index (χ2n) is 6.22. The fraction of sp³-hybridized carbons (Fsp3) is 0.368. The third kappa shape index (κ3) is 3.36. The van der Waals surface area contributed by atoms with Crippen LogP contribution in [0.2, 0.25) is 0 Å². The van der Waals surface area contributed by atoms with Crippen LogP contribution in [0.4, 0.5) is 5.82 Å². The highest BCUT2D eigenvalue weighted by atomic mass is 16.2. The predicted octanol–water partition coefficient (Wildman–Crippen LogP) is 3.52. The lowest BCUT2D eigenvalue weighted by Gasteiger charge is -2.36. The van der Waals surface area contributed by atoms with E-state index >= 15 is 0 Å². The molecule has 0 bridgehead atoms. The van der Waals surface area contributed by atoms with Crippen molar-refractivity contribution in [2.45, 2.75) is 25.3 Å². The van der Waals surface area contributed by atoms with Crippen molar-refractivity contribution in [3.63, 3.8) is 0 Å². The average Bonchev–Trinajstić information content (AvgIpc) is 2.62. The molecule has 0 unspecified atom stereocenters. The molecule has 4 nitrogen and oxygen atoms in total. The minimum atomic E-state index is 0.118. The van der Waals surface area contributed by atoms with Crippen LogP contribution in [0.25, 0.3) is 0 Å². The Balaban J connectivity index is 1.85. The topological polar surface area (TPSA) is 36.4 Å². The van der Waals surface area contributed by atoms with Gasteiger partial charge in [0, 0.05) is 32.4 Å². The van der Waals surface area contributed by atoms with Crippen molar-refractivity contribution in [1.82, 2.24) is 9.88 Å². The van der Waals surface area contributed by atoms with Gasteiger partial charge < -0.3 is 9.80 Å². The normalized spacial score (nSPS) is 17.8. The van der Waals surface area contributed by atoms with Gasteiger partial charge in [-0.3, -0.25) is 4.79 Å². The van der Waals surface area contributed by atoms with Gasteiger partial charge in [0.25, 0.3) is 5.91 Å². The van der Waals surface area contributed by atoms with Crippen molar-refractivity contribution >= 4 is 11.7 Å². The third-order valence-corrected chi connectivity index (χ3v) is 4.40. The van der Waals surface area contributed by atoms with Gasteiger partial charge in [0.2, 0.25) is 0 Å². The SMILES string of the molecule is CN(C)c1ccc([C@H]2CCCCN2C(=O)c2ccccc2)cn1. The van der Waals surface area contributed by atoms with Gasteiger partial charge in [0.15, 0.2) is 0 Å². The van der Waals surface area contributed by atoms with E-state index in [9.17, 15) is 4.79 Å². The van der Waals surface area contributed by atoms with Crippen LogP contribution in [-0.4, -0.2) is 36.4 Å². The number of nitrogens with zero attached hydrogens (tertiary/aromatic N) is 3. The molecule has 1 fully saturated rings. The van der Waals surface area contributed by atoms with Crippen molar-refractivity contribution in [1.29, 1.82) is 0 Å². The molecule has 1 saturated heterocycles. The highest BCUT2D eigenvalue weighted by Crippen LogP contribution is 2.32. The van der Waals surface area contributed by atoms with Crippen LogP contribution in [0.5, 0.6) is 0 Å². The number of likely N-dealkylation sites (tertiary alicyclic amines) is 1. The Kier molecular flexibility index (Phi) is 4.60. The standard InChI is InChI=1S/C19H23N3O/c1-21(2)18-12-11-16(14-20-18)17-10-6-7-13-22(17)19(23)15-8-4-3-5-9-15/h3-5,8-9,11-12,14,17H,6-7,10,13H2,1-2H3/t17-/m1/s1. The van der Waals surface area contributed by atoms with Crippen LogP contribution in [0.3, 0.4) is 0 Å². The molecule has 120 valence electrons. The van der Waals surface area contributed by atoms with E-state index in [2.05, 4.69) is 11.1 Å². The monoisotopic (exact) mass is 309 g/mol. The van der Waals surface area contributed by atoms with Crippen LogP contribution in [0.15, 0.2) is 48.7 Å². The zero-order valence-corrected chi connectivity index (χ0v) is 13.8. The van der Waals surface area contributed by atoms with Crippen LogP contribution in [0, 0.1) is 0 Å². The van der Waals surface area contributed by atoms with Gasteiger partial charge in [-0.2, -0.15) is 0 Å². The Morgan fingerprint density at radius 2 is 1.91 bits per heavy atom. The van der Waals surface area contributed by atoms with Crippen molar-refractivity contribution in [3.05, 3.63) is 59.8 Å². The molecule has 1 aliphatic rings. The van der Waals surface area contributed by atoms with Crippen LogP contribution < -0.4 is 4.90 Å². The molecule has 1 amide bonds. The van der Waals surface area contributed by atoms with Crippen molar-refractivity contribution in [3.8, 4) is 0 Å². The minimum Gasteiger partial charge on any atom is -0.363 e. The Labute approximate surface area is 137 Å². The first-order valence-corrected chi connectivity index (χ1v) is 8.16. The number of rotatable bonds is 3. The van der Waals surface area contributed by atoms with E-state index in [1.807, 2.05) is 66.5 Å². The molecule has 0 saturated carbocycles. The van der Waals surface area contributed by atoms with E-state index in [1.165, 1.54) is 0 Å². The summed E-state index contributed by atoms with van der Waals surface area (Å²) >= 11 is 0. The van der Waals surface area contributed by atoms with Gasteiger partial charge in [0.1, 0.15) is 5.82 Å². The molecule has 1 aromatic carbocycles. The average molecular weight is 309 g/mol. The highest BCUT2D eigenvalue weighted by Gasteiger charge is 2.28. The summed E-state index contributed by atoms with van der Waals surface area (Å²) in [6.07, 6.45) is 5.13. The minimum absolute atomic E-state index is 0.118. The molecule has 1 aliphatic heterocycles.